The van der Waals surface area contributed by atoms with Gasteiger partial charge in [0.15, 0.2) is 6.10 Å². The van der Waals surface area contributed by atoms with Gasteiger partial charge in [0, 0.05) is 0 Å². The molecule has 4 nitrogen and oxygen atoms in total. The SMILES string of the molecule is CCCCCCCCCCCCOC(=O)C(O)CO.[NaH]. The van der Waals surface area contributed by atoms with Crippen molar-refractivity contribution in [2.45, 2.75) is 77.2 Å². The van der Waals surface area contributed by atoms with Crippen LogP contribution in [0.3, 0.4) is 0 Å². The van der Waals surface area contributed by atoms with Crippen LogP contribution in [0.5, 0.6) is 0 Å². The van der Waals surface area contributed by atoms with Crippen molar-refractivity contribution in [1.29, 1.82) is 0 Å². The van der Waals surface area contributed by atoms with Crippen molar-refractivity contribution in [3.8, 4) is 0 Å². The normalized spacial score (nSPS) is 11.8. The summed E-state index contributed by atoms with van der Waals surface area (Å²) in [6.45, 7) is 2.00. The van der Waals surface area contributed by atoms with Crippen molar-refractivity contribution in [3.05, 3.63) is 0 Å². The molecule has 0 fully saturated rings. The molecule has 5 heteroatoms. The standard InChI is InChI=1S/C15H30O4.Na.H/c1-2-3-4-5-6-7-8-9-10-11-12-19-15(18)14(17)13-16;;/h14,16-17H,2-13H2,1H3;;. The van der Waals surface area contributed by atoms with Gasteiger partial charge >= 0.3 is 35.5 Å². The molecule has 1 unspecified atom stereocenters. The molecule has 20 heavy (non-hydrogen) atoms. The number of carbonyl (C=O) groups excluding carboxylic acids is 1. The fourth-order valence-corrected chi connectivity index (χ4v) is 1.93. The van der Waals surface area contributed by atoms with Gasteiger partial charge in [0.2, 0.25) is 0 Å². The van der Waals surface area contributed by atoms with Crippen molar-refractivity contribution in [2.24, 2.45) is 0 Å². The van der Waals surface area contributed by atoms with Crippen LogP contribution in [-0.4, -0.2) is 65.1 Å². The first-order valence-electron chi connectivity index (χ1n) is 7.68. The molecule has 0 aromatic heterocycles. The second-order valence-electron chi connectivity index (χ2n) is 5.05. The molecule has 0 spiro atoms. The molecule has 0 bridgehead atoms. The third kappa shape index (κ3) is 14.8. The van der Waals surface area contributed by atoms with Crippen molar-refractivity contribution in [2.75, 3.05) is 13.2 Å². The molecular weight excluding hydrogens is 267 g/mol. The number of hydrogen-bond acceptors (Lipinski definition) is 4. The van der Waals surface area contributed by atoms with Crippen LogP contribution in [0.2, 0.25) is 0 Å². The maximum atomic E-state index is 11.0. The molecule has 0 aromatic carbocycles. The van der Waals surface area contributed by atoms with E-state index in [-0.39, 0.29) is 29.6 Å². The minimum atomic E-state index is -1.39. The topological polar surface area (TPSA) is 66.8 Å². The van der Waals surface area contributed by atoms with Gasteiger partial charge in [0.25, 0.3) is 0 Å². The zero-order valence-corrected chi connectivity index (χ0v) is 12.3. The first-order valence-corrected chi connectivity index (χ1v) is 7.68. The summed E-state index contributed by atoms with van der Waals surface area (Å²) in [7, 11) is 0. The van der Waals surface area contributed by atoms with Gasteiger partial charge in [-0.25, -0.2) is 4.79 Å². The number of hydrogen-bond donors (Lipinski definition) is 2. The first kappa shape index (κ1) is 22.7. The van der Waals surface area contributed by atoms with Crippen molar-refractivity contribution in [1.82, 2.24) is 0 Å². The van der Waals surface area contributed by atoms with Crippen molar-refractivity contribution in [3.63, 3.8) is 0 Å². The van der Waals surface area contributed by atoms with Gasteiger partial charge in [-0.1, -0.05) is 64.7 Å². The molecule has 0 radical (unpaired) electrons. The van der Waals surface area contributed by atoms with Gasteiger partial charge in [-0.05, 0) is 6.42 Å². The number of aliphatic hydroxyl groups excluding tert-OH is 2. The third-order valence-corrected chi connectivity index (χ3v) is 3.19. The molecule has 0 aromatic rings. The van der Waals surface area contributed by atoms with E-state index in [0.717, 1.165) is 12.8 Å². The molecule has 0 heterocycles. The molecule has 0 rings (SSSR count). The van der Waals surface area contributed by atoms with E-state index in [1.165, 1.54) is 51.4 Å². The summed E-state index contributed by atoms with van der Waals surface area (Å²) in [5.41, 5.74) is 0. The zero-order valence-electron chi connectivity index (χ0n) is 12.3. The Hall–Kier alpha value is 0.390. The first-order chi connectivity index (χ1) is 9.22. The van der Waals surface area contributed by atoms with E-state index in [9.17, 15) is 4.79 Å². The van der Waals surface area contributed by atoms with Crippen LogP contribution in [0.1, 0.15) is 71.1 Å². The predicted molar refractivity (Wildman–Crippen MR) is 83.0 cm³/mol. The van der Waals surface area contributed by atoms with Crippen LogP contribution in [0.15, 0.2) is 0 Å². The average molecular weight is 298 g/mol. The number of rotatable bonds is 13. The summed E-state index contributed by atoms with van der Waals surface area (Å²) < 4.78 is 4.82. The summed E-state index contributed by atoms with van der Waals surface area (Å²) in [5.74, 6) is -0.724. The summed E-state index contributed by atoms with van der Waals surface area (Å²) in [4.78, 5) is 11.0. The Kier molecular flexibility index (Phi) is 19.8. The Morgan fingerprint density at radius 1 is 0.950 bits per heavy atom. The fraction of sp³-hybridized carbons (Fsp3) is 0.933. The van der Waals surface area contributed by atoms with E-state index in [2.05, 4.69) is 6.92 Å². The molecule has 2 N–H and O–H groups in total. The third-order valence-electron chi connectivity index (χ3n) is 3.19. The summed E-state index contributed by atoms with van der Waals surface area (Å²) in [5, 5.41) is 17.5. The fourth-order valence-electron chi connectivity index (χ4n) is 1.93. The number of ether oxygens (including phenoxy) is 1. The van der Waals surface area contributed by atoms with E-state index in [0.29, 0.717) is 6.61 Å². The number of aliphatic hydroxyl groups is 2. The number of esters is 1. The minimum absolute atomic E-state index is 0. The summed E-state index contributed by atoms with van der Waals surface area (Å²) >= 11 is 0. The molecule has 0 aliphatic heterocycles. The molecule has 116 valence electrons. The number of unbranched alkanes of at least 4 members (excludes halogenated alkanes) is 9. The average Bonchev–Trinajstić information content (AvgIpc) is 2.43. The van der Waals surface area contributed by atoms with Crippen LogP contribution in [0.4, 0.5) is 0 Å². The Morgan fingerprint density at radius 2 is 1.40 bits per heavy atom. The van der Waals surface area contributed by atoms with Gasteiger partial charge in [0.05, 0.1) is 13.2 Å². The van der Waals surface area contributed by atoms with Crippen LogP contribution in [0.25, 0.3) is 0 Å². The molecule has 0 saturated carbocycles. The Labute approximate surface area is 145 Å². The van der Waals surface area contributed by atoms with Gasteiger partial charge in [-0.2, -0.15) is 0 Å². The summed E-state index contributed by atoms with van der Waals surface area (Å²) in [6.07, 6.45) is 10.9. The summed E-state index contributed by atoms with van der Waals surface area (Å²) in [6, 6.07) is 0. The molecule has 0 saturated heterocycles. The van der Waals surface area contributed by atoms with Crippen molar-refractivity contribution >= 4 is 35.5 Å². The Morgan fingerprint density at radius 3 is 1.85 bits per heavy atom. The van der Waals surface area contributed by atoms with Gasteiger partial charge in [-0.15, -0.1) is 0 Å². The maximum absolute atomic E-state index is 11.0. The zero-order chi connectivity index (χ0) is 14.3. The quantitative estimate of drug-likeness (QED) is 0.311. The molecule has 0 amide bonds. The number of carbonyl (C=O) groups is 1. The van der Waals surface area contributed by atoms with Crippen LogP contribution < -0.4 is 0 Å². The second-order valence-corrected chi connectivity index (χ2v) is 5.05. The van der Waals surface area contributed by atoms with Gasteiger partial charge in [0.1, 0.15) is 0 Å². The van der Waals surface area contributed by atoms with E-state index in [4.69, 9.17) is 14.9 Å². The predicted octanol–water partition coefficient (Wildman–Crippen LogP) is 2.16. The monoisotopic (exact) mass is 298 g/mol. The van der Waals surface area contributed by atoms with E-state index in [1.807, 2.05) is 0 Å². The second kappa shape index (κ2) is 17.4. The molecule has 0 aliphatic carbocycles. The Balaban J connectivity index is 0. The van der Waals surface area contributed by atoms with Crippen LogP contribution in [-0.2, 0) is 9.53 Å². The van der Waals surface area contributed by atoms with Crippen LogP contribution in [0, 0.1) is 0 Å². The van der Waals surface area contributed by atoms with Gasteiger partial charge < -0.3 is 14.9 Å². The molecule has 0 aliphatic rings. The van der Waals surface area contributed by atoms with Crippen molar-refractivity contribution < 1.29 is 19.7 Å². The van der Waals surface area contributed by atoms with E-state index < -0.39 is 18.7 Å². The molecule has 1 atom stereocenters. The van der Waals surface area contributed by atoms with Gasteiger partial charge in [-0.3, -0.25) is 0 Å². The van der Waals surface area contributed by atoms with E-state index in [1.54, 1.807) is 0 Å². The van der Waals surface area contributed by atoms with E-state index >= 15 is 0 Å². The van der Waals surface area contributed by atoms with Crippen LogP contribution >= 0.6 is 0 Å². The Bertz CT molecular complexity index is 212. The molecular formula is C15H31NaO4.